The fourth-order valence-corrected chi connectivity index (χ4v) is 4.14. The number of aryl methyl sites for hydroxylation is 1. The van der Waals surface area contributed by atoms with Crippen LogP contribution in [0.3, 0.4) is 0 Å². The van der Waals surface area contributed by atoms with Crippen LogP contribution in [0.15, 0.2) is 29.6 Å². The van der Waals surface area contributed by atoms with Crippen LogP contribution < -0.4 is 0 Å². The van der Waals surface area contributed by atoms with Crippen molar-refractivity contribution in [3.63, 3.8) is 0 Å². The van der Waals surface area contributed by atoms with Crippen molar-refractivity contribution in [3.05, 3.63) is 49.5 Å². The van der Waals surface area contributed by atoms with Crippen LogP contribution in [-0.2, 0) is 0 Å². The Hall–Kier alpha value is -0.950. The van der Waals surface area contributed by atoms with Gasteiger partial charge in [0, 0.05) is 21.2 Å². The van der Waals surface area contributed by atoms with E-state index in [1.807, 2.05) is 36.1 Å². The van der Waals surface area contributed by atoms with Gasteiger partial charge in [0.2, 0.25) is 0 Å². The lowest BCUT2D eigenvalue weighted by molar-refractivity contribution is 0.0734. The fourth-order valence-electron chi connectivity index (χ4n) is 2.58. The Morgan fingerprint density at radius 2 is 2.25 bits per heavy atom. The summed E-state index contributed by atoms with van der Waals surface area (Å²) in [7, 11) is 0. The Bertz CT molecular complexity index is 640. The molecule has 1 saturated heterocycles. The number of nitrogens with zero attached hydrogens (tertiary/aromatic N) is 2. The van der Waals surface area contributed by atoms with Gasteiger partial charge >= 0.3 is 0 Å². The summed E-state index contributed by atoms with van der Waals surface area (Å²) in [4.78, 5) is 19.3. The first kappa shape index (κ1) is 14.0. The van der Waals surface area contributed by atoms with E-state index in [1.54, 1.807) is 11.3 Å². The van der Waals surface area contributed by atoms with Gasteiger partial charge in [0.15, 0.2) is 0 Å². The monoisotopic (exact) mass is 398 g/mol. The number of hydrogen-bond acceptors (Lipinski definition) is 3. The number of carbonyl (C=O) groups excluding carboxylic acids is 1. The lowest BCUT2D eigenvalue weighted by Gasteiger charge is -2.23. The Labute approximate surface area is 136 Å². The van der Waals surface area contributed by atoms with E-state index in [1.165, 1.54) is 0 Å². The van der Waals surface area contributed by atoms with Crippen LogP contribution in [0, 0.1) is 10.5 Å². The number of hydrogen-bond donors (Lipinski definition) is 0. The summed E-state index contributed by atoms with van der Waals surface area (Å²) in [6.07, 6.45) is 2.07. The van der Waals surface area contributed by atoms with Crippen molar-refractivity contribution in [1.82, 2.24) is 9.88 Å². The Morgan fingerprint density at radius 3 is 2.95 bits per heavy atom. The van der Waals surface area contributed by atoms with Crippen molar-refractivity contribution in [1.29, 1.82) is 0 Å². The lowest BCUT2D eigenvalue weighted by atomic mass is 10.1. The molecule has 0 N–H and O–H groups in total. The quantitative estimate of drug-likeness (QED) is 0.716. The molecule has 1 aromatic heterocycles. The van der Waals surface area contributed by atoms with Crippen LogP contribution >= 0.6 is 33.9 Å². The molecule has 1 atom stereocenters. The van der Waals surface area contributed by atoms with Crippen LogP contribution in [0.4, 0.5) is 0 Å². The maximum absolute atomic E-state index is 12.8. The Morgan fingerprint density at radius 1 is 1.45 bits per heavy atom. The van der Waals surface area contributed by atoms with Gasteiger partial charge in [0.25, 0.3) is 5.91 Å². The maximum Gasteiger partial charge on any atom is 0.255 e. The predicted octanol–water partition coefficient (Wildman–Crippen LogP) is 4.03. The largest absolute Gasteiger partial charge is 0.329 e. The number of rotatable bonds is 2. The van der Waals surface area contributed by atoms with Gasteiger partial charge in [-0.2, -0.15) is 0 Å². The summed E-state index contributed by atoms with van der Waals surface area (Å²) >= 11 is 3.89. The number of likely N-dealkylation sites (tertiary alicyclic amines) is 1. The van der Waals surface area contributed by atoms with E-state index < -0.39 is 0 Å². The molecule has 1 amide bonds. The van der Waals surface area contributed by atoms with E-state index in [-0.39, 0.29) is 11.9 Å². The highest BCUT2D eigenvalue weighted by Crippen LogP contribution is 2.35. The molecule has 0 radical (unpaired) electrons. The summed E-state index contributed by atoms with van der Waals surface area (Å²) in [5, 5.41) is 3.13. The predicted molar refractivity (Wildman–Crippen MR) is 89.0 cm³/mol. The SMILES string of the molecule is Cc1csc([C@H]2CCCN2C(=O)c2ccccc2I)n1. The molecule has 0 saturated carbocycles. The molecular formula is C15H15IN2OS. The second-order valence-corrected chi connectivity index (χ2v) is 7.02. The van der Waals surface area contributed by atoms with Crippen LogP contribution in [0.5, 0.6) is 0 Å². The average Bonchev–Trinajstić information content (AvgIpc) is 3.06. The van der Waals surface area contributed by atoms with Crippen molar-refractivity contribution >= 4 is 39.8 Å². The third-order valence-electron chi connectivity index (χ3n) is 3.54. The highest BCUT2D eigenvalue weighted by atomic mass is 127. The van der Waals surface area contributed by atoms with Gasteiger partial charge in [-0.1, -0.05) is 12.1 Å². The van der Waals surface area contributed by atoms with Gasteiger partial charge in [-0.05, 0) is 54.5 Å². The molecule has 1 aliphatic rings. The average molecular weight is 398 g/mol. The highest BCUT2D eigenvalue weighted by molar-refractivity contribution is 14.1. The van der Waals surface area contributed by atoms with E-state index in [0.29, 0.717) is 0 Å². The summed E-state index contributed by atoms with van der Waals surface area (Å²) in [5.41, 5.74) is 1.84. The number of halogens is 1. The molecule has 1 aliphatic heterocycles. The minimum Gasteiger partial charge on any atom is -0.329 e. The number of thiazole rings is 1. The normalized spacial score (nSPS) is 18.5. The molecule has 104 valence electrons. The molecular weight excluding hydrogens is 383 g/mol. The minimum absolute atomic E-state index is 0.130. The van der Waals surface area contributed by atoms with Crippen molar-refractivity contribution in [3.8, 4) is 0 Å². The molecule has 0 spiro atoms. The van der Waals surface area contributed by atoms with E-state index in [4.69, 9.17) is 0 Å². The van der Waals surface area contributed by atoms with Crippen LogP contribution in [0.2, 0.25) is 0 Å². The van der Waals surface area contributed by atoms with Crippen molar-refractivity contribution in [2.75, 3.05) is 6.54 Å². The summed E-state index contributed by atoms with van der Waals surface area (Å²) in [6, 6.07) is 7.93. The van der Waals surface area contributed by atoms with E-state index in [9.17, 15) is 4.79 Å². The first-order chi connectivity index (χ1) is 9.66. The Balaban J connectivity index is 1.89. The second-order valence-electron chi connectivity index (χ2n) is 4.96. The molecule has 0 bridgehead atoms. The zero-order valence-corrected chi connectivity index (χ0v) is 14.1. The van der Waals surface area contributed by atoms with Crippen LogP contribution in [0.25, 0.3) is 0 Å². The van der Waals surface area contributed by atoms with Gasteiger partial charge in [-0.25, -0.2) is 4.98 Å². The molecule has 0 aliphatic carbocycles. The number of carbonyl (C=O) groups is 1. The van der Waals surface area contributed by atoms with Crippen LogP contribution in [0.1, 0.15) is 39.9 Å². The topological polar surface area (TPSA) is 33.2 Å². The molecule has 3 rings (SSSR count). The van der Waals surface area contributed by atoms with E-state index >= 15 is 0 Å². The van der Waals surface area contributed by atoms with Crippen molar-refractivity contribution in [2.24, 2.45) is 0 Å². The lowest BCUT2D eigenvalue weighted by Crippen LogP contribution is -2.31. The van der Waals surface area contributed by atoms with Gasteiger partial charge < -0.3 is 4.90 Å². The summed E-state index contributed by atoms with van der Waals surface area (Å²) < 4.78 is 1.01. The zero-order chi connectivity index (χ0) is 14.1. The first-order valence-corrected chi connectivity index (χ1v) is 8.60. The summed E-state index contributed by atoms with van der Waals surface area (Å²) in [6.45, 7) is 2.83. The fraction of sp³-hybridized carbons (Fsp3) is 0.333. The minimum atomic E-state index is 0.130. The molecule has 3 nitrogen and oxygen atoms in total. The van der Waals surface area contributed by atoms with Gasteiger partial charge in [0.05, 0.1) is 11.6 Å². The molecule has 20 heavy (non-hydrogen) atoms. The maximum atomic E-state index is 12.8. The summed E-state index contributed by atoms with van der Waals surface area (Å²) in [5.74, 6) is 0.130. The Kier molecular flexibility index (Phi) is 4.07. The third-order valence-corrected chi connectivity index (χ3v) is 5.54. The molecule has 1 aromatic carbocycles. The molecule has 2 heterocycles. The number of amides is 1. The molecule has 2 aromatic rings. The standard InChI is InChI=1S/C15H15IN2OS/c1-10-9-20-14(17-10)13-7-4-8-18(13)15(19)11-5-2-3-6-12(11)16/h2-3,5-6,9,13H,4,7-8H2,1H3/t13-/m1/s1. The van der Waals surface area contributed by atoms with Gasteiger partial charge in [-0.15, -0.1) is 11.3 Å². The smallest absolute Gasteiger partial charge is 0.255 e. The first-order valence-electron chi connectivity index (χ1n) is 6.64. The van der Waals surface area contributed by atoms with Crippen molar-refractivity contribution < 1.29 is 4.79 Å². The van der Waals surface area contributed by atoms with Crippen LogP contribution in [-0.4, -0.2) is 22.3 Å². The second kappa shape index (κ2) is 5.81. The van der Waals surface area contributed by atoms with E-state index in [0.717, 1.165) is 39.2 Å². The third kappa shape index (κ3) is 2.61. The number of aromatic nitrogens is 1. The highest BCUT2D eigenvalue weighted by Gasteiger charge is 2.32. The van der Waals surface area contributed by atoms with E-state index in [2.05, 4.69) is 33.0 Å². The van der Waals surface area contributed by atoms with Crippen molar-refractivity contribution in [2.45, 2.75) is 25.8 Å². The zero-order valence-electron chi connectivity index (χ0n) is 11.2. The molecule has 5 heteroatoms. The molecule has 0 unspecified atom stereocenters. The van der Waals surface area contributed by atoms with Gasteiger partial charge in [0.1, 0.15) is 5.01 Å². The molecule has 1 fully saturated rings. The van der Waals surface area contributed by atoms with Gasteiger partial charge in [-0.3, -0.25) is 4.79 Å². The number of benzene rings is 1.